The molecule has 0 atom stereocenters. The van der Waals surface area contributed by atoms with Crippen LogP contribution in [-0.4, -0.2) is 30.3 Å². The Kier molecular flexibility index (Phi) is 4.00. The summed E-state index contributed by atoms with van der Waals surface area (Å²) >= 11 is 0. The van der Waals surface area contributed by atoms with Crippen LogP contribution in [0, 0.1) is 30.1 Å². The van der Waals surface area contributed by atoms with E-state index in [2.05, 4.69) is 47.7 Å². The van der Waals surface area contributed by atoms with Crippen molar-refractivity contribution < 1.29 is 5.11 Å². The average molecular weight is 327 g/mol. The highest BCUT2D eigenvalue weighted by molar-refractivity contribution is 5.57. The van der Waals surface area contributed by atoms with Gasteiger partial charge >= 0.3 is 0 Å². The monoisotopic (exact) mass is 327 g/mol. The van der Waals surface area contributed by atoms with Gasteiger partial charge in [-0.25, -0.2) is 4.98 Å². The molecule has 0 radical (unpaired) electrons. The first kappa shape index (κ1) is 16.7. The lowest BCUT2D eigenvalue weighted by Gasteiger charge is -2.39. The van der Waals surface area contributed by atoms with Crippen LogP contribution in [0.25, 0.3) is 5.78 Å². The zero-order valence-corrected chi connectivity index (χ0v) is 14.8. The van der Waals surface area contributed by atoms with Crippen molar-refractivity contribution in [3.8, 4) is 11.8 Å². The predicted molar refractivity (Wildman–Crippen MR) is 93.2 cm³/mol. The average Bonchev–Trinajstić information content (AvgIpc) is 2.94. The van der Waals surface area contributed by atoms with E-state index in [1.54, 1.807) is 0 Å². The van der Waals surface area contributed by atoms with E-state index < -0.39 is 5.60 Å². The molecule has 3 N–H and O–H groups in total. The van der Waals surface area contributed by atoms with Crippen LogP contribution < -0.4 is 5.73 Å². The van der Waals surface area contributed by atoms with E-state index in [0.29, 0.717) is 41.6 Å². The first-order valence-corrected chi connectivity index (χ1v) is 8.41. The van der Waals surface area contributed by atoms with Gasteiger partial charge in [0, 0.05) is 0 Å². The lowest BCUT2D eigenvalue weighted by molar-refractivity contribution is 0.0213. The number of nitrogen functional groups attached to an aromatic ring is 1. The van der Waals surface area contributed by atoms with E-state index in [4.69, 9.17) is 5.73 Å². The molecule has 2 heterocycles. The second-order valence-corrected chi connectivity index (χ2v) is 7.85. The zero-order valence-electron chi connectivity index (χ0n) is 14.8. The van der Waals surface area contributed by atoms with Crippen LogP contribution in [0.1, 0.15) is 57.7 Å². The number of nitrogens with two attached hydrogens (primary N) is 1. The molecule has 0 unspecified atom stereocenters. The van der Waals surface area contributed by atoms with Gasteiger partial charge in [0.05, 0.1) is 11.3 Å². The van der Waals surface area contributed by atoms with Crippen LogP contribution in [0.3, 0.4) is 0 Å². The summed E-state index contributed by atoms with van der Waals surface area (Å²) in [6.45, 7) is 8.62. The smallest absolute Gasteiger partial charge is 0.254 e. The molecule has 1 aliphatic carbocycles. The summed E-state index contributed by atoms with van der Waals surface area (Å²) in [5.74, 6) is 7.59. The molecule has 1 saturated carbocycles. The van der Waals surface area contributed by atoms with Gasteiger partial charge in [-0.2, -0.15) is 14.6 Å². The lowest BCUT2D eigenvalue weighted by atomic mass is 9.68. The lowest BCUT2D eigenvalue weighted by Crippen LogP contribution is -2.36. The highest BCUT2D eigenvalue weighted by Crippen LogP contribution is 2.41. The van der Waals surface area contributed by atoms with Crippen LogP contribution >= 0.6 is 0 Å². The van der Waals surface area contributed by atoms with Crippen molar-refractivity contribution in [1.82, 2.24) is 19.6 Å². The Morgan fingerprint density at radius 1 is 1.33 bits per heavy atom. The van der Waals surface area contributed by atoms with Gasteiger partial charge in [-0.15, -0.1) is 0 Å². The molecule has 24 heavy (non-hydrogen) atoms. The normalized spacial score (nSPS) is 24.6. The molecule has 2 aromatic heterocycles. The Labute approximate surface area is 142 Å². The quantitative estimate of drug-likeness (QED) is 0.725. The maximum absolute atomic E-state index is 10.8. The zero-order chi connectivity index (χ0) is 17.5. The third-order valence-corrected chi connectivity index (χ3v) is 5.10. The molecular weight excluding hydrogens is 302 g/mol. The standard InChI is InChI=1S/C18H25N5O/c1-12-14(15(19)23-16(22-12)20-11-21-23)7-10-18(24)8-5-13(6-9-18)17(2,3)4/h11,13,24H,5-6,8-9,19H2,1-4H3. The molecule has 0 spiro atoms. The molecule has 0 aliphatic heterocycles. The third kappa shape index (κ3) is 3.09. The van der Waals surface area contributed by atoms with Gasteiger partial charge in [-0.1, -0.05) is 32.6 Å². The second kappa shape index (κ2) is 5.75. The molecular formula is C18H25N5O. The van der Waals surface area contributed by atoms with Crippen LogP contribution in [0.4, 0.5) is 5.82 Å². The van der Waals surface area contributed by atoms with Crippen molar-refractivity contribution in [2.75, 3.05) is 5.73 Å². The Morgan fingerprint density at radius 2 is 2.00 bits per heavy atom. The van der Waals surface area contributed by atoms with Crippen molar-refractivity contribution in [3.05, 3.63) is 17.6 Å². The molecule has 2 aromatic rings. The highest BCUT2D eigenvalue weighted by Gasteiger charge is 2.36. The number of nitrogens with zero attached hydrogens (tertiary/aromatic N) is 4. The number of aryl methyl sites for hydroxylation is 1. The van der Waals surface area contributed by atoms with E-state index >= 15 is 0 Å². The fraction of sp³-hybridized carbons (Fsp3) is 0.611. The van der Waals surface area contributed by atoms with Crippen molar-refractivity contribution in [3.63, 3.8) is 0 Å². The topological polar surface area (TPSA) is 89.3 Å². The summed E-state index contributed by atoms with van der Waals surface area (Å²) in [6.07, 6.45) is 4.78. The summed E-state index contributed by atoms with van der Waals surface area (Å²) in [5, 5.41) is 14.9. The van der Waals surface area contributed by atoms with Crippen molar-refractivity contribution in [2.24, 2.45) is 11.3 Å². The summed E-state index contributed by atoms with van der Waals surface area (Å²) in [6, 6.07) is 0. The summed E-state index contributed by atoms with van der Waals surface area (Å²) in [7, 11) is 0. The summed E-state index contributed by atoms with van der Waals surface area (Å²) in [5.41, 5.74) is 6.78. The van der Waals surface area contributed by atoms with E-state index in [-0.39, 0.29) is 5.41 Å². The maximum atomic E-state index is 10.8. The van der Waals surface area contributed by atoms with Crippen LogP contribution in [0.5, 0.6) is 0 Å². The van der Waals surface area contributed by atoms with Gasteiger partial charge in [0.1, 0.15) is 17.7 Å². The summed E-state index contributed by atoms with van der Waals surface area (Å²) in [4.78, 5) is 8.39. The number of aromatic nitrogens is 4. The minimum absolute atomic E-state index is 0.276. The Balaban J connectivity index is 1.85. The van der Waals surface area contributed by atoms with Gasteiger partial charge in [0.25, 0.3) is 5.78 Å². The number of hydrogen-bond acceptors (Lipinski definition) is 5. The first-order chi connectivity index (χ1) is 11.2. The highest BCUT2D eigenvalue weighted by atomic mass is 16.3. The second-order valence-electron chi connectivity index (χ2n) is 7.85. The minimum Gasteiger partial charge on any atom is -0.382 e. The summed E-state index contributed by atoms with van der Waals surface area (Å²) < 4.78 is 1.47. The predicted octanol–water partition coefficient (Wildman–Crippen LogP) is 2.33. The molecule has 3 rings (SSSR count). The molecule has 128 valence electrons. The van der Waals surface area contributed by atoms with Gasteiger partial charge in [-0.3, -0.25) is 0 Å². The molecule has 6 nitrogen and oxygen atoms in total. The SMILES string of the molecule is Cc1nc2ncnn2c(N)c1C#CC1(O)CCC(C(C)(C)C)CC1. The van der Waals surface area contributed by atoms with E-state index in [9.17, 15) is 5.11 Å². The van der Waals surface area contributed by atoms with Gasteiger partial charge in [0.2, 0.25) is 0 Å². The van der Waals surface area contributed by atoms with Crippen LogP contribution in [-0.2, 0) is 0 Å². The van der Waals surface area contributed by atoms with Crippen molar-refractivity contribution in [2.45, 2.75) is 59.0 Å². The van der Waals surface area contributed by atoms with E-state index in [0.717, 1.165) is 12.8 Å². The molecule has 1 fully saturated rings. The largest absolute Gasteiger partial charge is 0.382 e. The number of fused-ring (bicyclic) bond motifs is 1. The Morgan fingerprint density at radius 3 is 2.62 bits per heavy atom. The van der Waals surface area contributed by atoms with Crippen LogP contribution in [0.2, 0.25) is 0 Å². The minimum atomic E-state index is -0.946. The van der Waals surface area contributed by atoms with Gasteiger partial charge in [0.15, 0.2) is 0 Å². The number of hydrogen-bond donors (Lipinski definition) is 2. The Hall–Kier alpha value is -2.13. The Bertz CT molecular complexity index is 814. The van der Waals surface area contributed by atoms with Crippen molar-refractivity contribution in [1.29, 1.82) is 0 Å². The maximum Gasteiger partial charge on any atom is 0.254 e. The number of anilines is 1. The first-order valence-electron chi connectivity index (χ1n) is 8.41. The molecule has 0 saturated heterocycles. The molecule has 0 bridgehead atoms. The van der Waals surface area contributed by atoms with E-state index in [1.807, 2.05) is 6.92 Å². The van der Waals surface area contributed by atoms with E-state index in [1.165, 1.54) is 10.8 Å². The number of rotatable bonds is 0. The van der Waals surface area contributed by atoms with Crippen molar-refractivity contribution >= 4 is 11.6 Å². The molecule has 6 heteroatoms. The molecule has 0 aromatic carbocycles. The fourth-order valence-corrected chi connectivity index (χ4v) is 3.40. The van der Waals surface area contributed by atoms with Gasteiger partial charge in [-0.05, 0) is 43.9 Å². The molecule has 0 amide bonds. The fourth-order valence-electron chi connectivity index (χ4n) is 3.40. The van der Waals surface area contributed by atoms with Gasteiger partial charge < -0.3 is 10.8 Å². The molecule has 1 aliphatic rings. The van der Waals surface area contributed by atoms with Crippen LogP contribution in [0.15, 0.2) is 6.33 Å². The third-order valence-electron chi connectivity index (χ3n) is 5.10. The number of aliphatic hydroxyl groups is 1.